The number of aryl methyl sites for hydroxylation is 1. The second kappa shape index (κ2) is 6.26. The van der Waals surface area contributed by atoms with Crippen molar-refractivity contribution in [2.24, 2.45) is 0 Å². The molecule has 108 valence electrons. The summed E-state index contributed by atoms with van der Waals surface area (Å²) in [5.74, 6) is 0. The average Bonchev–Trinajstić information content (AvgIpc) is 3.15. The standard InChI is InChI=1S/C16H19N5/c1-2-20-13-16(10-19-20)17-8-15-9-18-21(12-15)11-14-6-4-3-5-7-14/h3-7,9-10,12-13,17H,2,8,11H2,1H3. The van der Waals surface area contributed by atoms with Gasteiger partial charge in [-0.3, -0.25) is 9.36 Å². The van der Waals surface area contributed by atoms with E-state index in [0.29, 0.717) is 0 Å². The van der Waals surface area contributed by atoms with Crippen LogP contribution in [-0.4, -0.2) is 19.6 Å². The number of benzene rings is 1. The summed E-state index contributed by atoms with van der Waals surface area (Å²) in [6.45, 7) is 4.51. The zero-order valence-corrected chi connectivity index (χ0v) is 12.1. The molecule has 3 aromatic rings. The molecule has 0 fully saturated rings. The number of anilines is 1. The molecule has 0 aliphatic carbocycles. The summed E-state index contributed by atoms with van der Waals surface area (Å²) in [5, 5.41) is 12.0. The van der Waals surface area contributed by atoms with Crippen molar-refractivity contribution in [1.29, 1.82) is 0 Å². The van der Waals surface area contributed by atoms with Gasteiger partial charge in [0, 0.05) is 31.0 Å². The van der Waals surface area contributed by atoms with Crippen LogP contribution in [0.1, 0.15) is 18.1 Å². The lowest BCUT2D eigenvalue weighted by atomic mass is 10.2. The third-order valence-corrected chi connectivity index (χ3v) is 3.33. The molecule has 0 saturated heterocycles. The summed E-state index contributed by atoms with van der Waals surface area (Å²) < 4.78 is 3.86. The topological polar surface area (TPSA) is 47.7 Å². The third kappa shape index (κ3) is 3.51. The fourth-order valence-electron chi connectivity index (χ4n) is 2.19. The predicted octanol–water partition coefficient (Wildman–Crippen LogP) is 2.76. The SMILES string of the molecule is CCn1cc(NCc2cnn(Cc3ccccc3)c2)cn1. The molecule has 0 unspecified atom stereocenters. The van der Waals surface area contributed by atoms with Gasteiger partial charge in [0.1, 0.15) is 0 Å². The van der Waals surface area contributed by atoms with E-state index < -0.39 is 0 Å². The lowest BCUT2D eigenvalue weighted by molar-refractivity contribution is 0.660. The lowest BCUT2D eigenvalue weighted by Crippen LogP contribution is -2.00. The predicted molar refractivity (Wildman–Crippen MR) is 83.0 cm³/mol. The zero-order valence-electron chi connectivity index (χ0n) is 12.1. The number of aromatic nitrogens is 4. The Hall–Kier alpha value is -2.56. The van der Waals surface area contributed by atoms with Crippen molar-refractivity contribution in [2.45, 2.75) is 26.6 Å². The quantitative estimate of drug-likeness (QED) is 0.756. The first-order valence-corrected chi connectivity index (χ1v) is 7.15. The van der Waals surface area contributed by atoms with Crippen LogP contribution in [0.2, 0.25) is 0 Å². The largest absolute Gasteiger partial charge is 0.378 e. The molecule has 0 atom stereocenters. The minimum absolute atomic E-state index is 0.754. The summed E-state index contributed by atoms with van der Waals surface area (Å²) in [6, 6.07) is 10.3. The van der Waals surface area contributed by atoms with Crippen molar-refractivity contribution in [3.63, 3.8) is 0 Å². The highest BCUT2D eigenvalue weighted by molar-refractivity contribution is 5.38. The fourth-order valence-corrected chi connectivity index (χ4v) is 2.19. The Morgan fingerprint density at radius 3 is 2.52 bits per heavy atom. The van der Waals surface area contributed by atoms with Gasteiger partial charge in [-0.15, -0.1) is 0 Å². The van der Waals surface area contributed by atoms with Crippen molar-refractivity contribution in [3.8, 4) is 0 Å². The van der Waals surface area contributed by atoms with Gasteiger partial charge in [0.15, 0.2) is 0 Å². The van der Waals surface area contributed by atoms with E-state index in [9.17, 15) is 0 Å². The average molecular weight is 281 g/mol. The molecule has 3 rings (SSSR count). The maximum absolute atomic E-state index is 4.40. The number of hydrogen-bond acceptors (Lipinski definition) is 3. The number of nitrogens with zero attached hydrogens (tertiary/aromatic N) is 4. The molecule has 0 saturated carbocycles. The van der Waals surface area contributed by atoms with E-state index in [0.717, 1.165) is 30.9 Å². The van der Waals surface area contributed by atoms with Crippen molar-refractivity contribution < 1.29 is 0 Å². The summed E-state index contributed by atoms with van der Waals surface area (Å²) >= 11 is 0. The van der Waals surface area contributed by atoms with Crippen LogP contribution in [0.25, 0.3) is 0 Å². The molecule has 0 spiro atoms. The van der Waals surface area contributed by atoms with Crippen LogP contribution >= 0.6 is 0 Å². The molecule has 0 radical (unpaired) electrons. The highest BCUT2D eigenvalue weighted by Crippen LogP contribution is 2.08. The molecule has 0 aliphatic rings. The van der Waals surface area contributed by atoms with E-state index in [1.807, 2.05) is 46.2 Å². The summed E-state index contributed by atoms with van der Waals surface area (Å²) in [5.41, 5.74) is 3.45. The van der Waals surface area contributed by atoms with E-state index in [1.54, 1.807) is 0 Å². The van der Waals surface area contributed by atoms with Crippen LogP contribution in [0.5, 0.6) is 0 Å². The smallest absolute Gasteiger partial charge is 0.0729 e. The van der Waals surface area contributed by atoms with Gasteiger partial charge in [0.25, 0.3) is 0 Å². The minimum Gasteiger partial charge on any atom is -0.378 e. The summed E-state index contributed by atoms with van der Waals surface area (Å²) in [4.78, 5) is 0. The van der Waals surface area contributed by atoms with Crippen LogP contribution < -0.4 is 5.32 Å². The fraction of sp³-hybridized carbons (Fsp3) is 0.250. The molecule has 5 heteroatoms. The van der Waals surface area contributed by atoms with Crippen molar-refractivity contribution in [1.82, 2.24) is 19.6 Å². The maximum atomic E-state index is 4.40. The van der Waals surface area contributed by atoms with E-state index in [-0.39, 0.29) is 0 Å². The molecule has 1 aromatic carbocycles. The van der Waals surface area contributed by atoms with E-state index in [2.05, 4.69) is 40.8 Å². The first-order chi connectivity index (χ1) is 10.3. The van der Waals surface area contributed by atoms with Crippen molar-refractivity contribution in [2.75, 3.05) is 5.32 Å². The molecular formula is C16H19N5. The van der Waals surface area contributed by atoms with Crippen LogP contribution in [0.15, 0.2) is 55.1 Å². The Bertz CT molecular complexity index is 684. The minimum atomic E-state index is 0.754. The Kier molecular flexibility index (Phi) is 4.00. The maximum Gasteiger partial charge on any atom is 0.0729 e. The molecule has 21 heavy (non-hydrogen) atoms. The Labute approximate surface area is 124 Å². The molecule has 5 nitrogen and oxygen atoms in total. The van der Waals surface area contributed by atoms with E-state index in [4.69, 9.17) is 0 Å². The number of rotatable bonds is 6. The summed E-state index contributed by atoms with van der Waals surface area (Å²) in [7, 11) is 0. The first kappa shape index (κ1) is 13.4. The molecule has 1 N–H and O–H groups in total. The zero-order chi connectivity index (χ0) is 14.5. The molecule has 0 bridgehead atoms. The van der Waals surface area contributed by atoms with Crippen LogP contribution in [0, 0.1) is 0 Å². The monoisotopic (exact) mass is 281 g/mol. The molecule has 0 amide bonds. The van der Waals surface area contributed by atoms with Gasteiger partial charge in [0.2, 0.25) is 0 Å². The van der Waals surface area contributed by atoms with Gasteiger partial charge in [-0.2, -0.15) is 10.2 Å². The molecule has 0 aliphatic heterocycles. The molecule has 2 aromatic heterocycles. The summed E-state index contributed by atoms with van der Waals surface area (Å²) in [6.07, 6.45) is 7.83. The normalized spacial score (nSPS) is 10.7. The second-order valence-electron chi connectivity index (χ2n) is 4.97. The highest BCUT2D eigenvalue weighted by atomic mass is 15.3. The van der Waals surface area contributed by atoms with Gasteiger partial charge >= 0.3 is 0 Å². The lowest BCUT2D eigenvalue weighted by Gasteiger charge is -2.02. The van der Waals surface area contributed by atoms with E-state index >= 15 is 0 Å². The van der Waals surface area contributed by atoms with Crippen LogP contribution in [0.4, 0.5) is 5.69 Å². The van der Waals surface area contributed by atoms with Crippen LogP contribution in [-0.2, 0) is 19.6 Å². The van der Waals surface area contributed by atoms with Gasteiger partial charge in [-0.1, -0.05) is 30.3 Å². The molecule has 2 heterocycles. The second-order valence-corrected chi connectivity index (χ2v) is 4.97. The number of nitrogens with one attached hydrogen (secondary N) is 1. The number of hydrogen-bond donors (Lipinski definition) is 1. The van der Waals surface area contributed by atoms with Crippen molar-refractivity contribution in [3.05, 3.63) is 66.2 Å². The Morgan fingerprint density at radius 1 is 0.952 bits per heavy atom. The van der Waals surface area contributed by atoms with Crippen LogP contribution in [0.3, 0.4) is 0 Å². The Morgan fingerprint density at radius 2 is 1.76 bits per heavy atom. The van der Waals surface area contributed by atoms with E-state index in [1.165, 1.54) is 5.56 Å². The third-order valence-electron chi connectivity index (χ3n) is 3.33. The first-order valence-electron chi connectivity index (χ1n) is 7.15. The van der Waals surface area contributed by atoms with Gasteiger partial charge in [-0.05, 0) is 12.5 Å². The highest BCUT2D eigenvalue weighted by Gasteiger charge is 2.01. The molecular weight excluding hydrogens is 262 g/mol. The van der Waals surface area contributed by atoms with Gasteiger partial charge < -0.3 is 5.32 Å². The Balaban J connectivity index is 1.57. The van der Waals surface area contributed by atoms with Gasteiger partial charge in [-0.25, -0.2) is 0 Å². The van der Waals surface area contributed by atoms with Crippen molar-refractivity contribution >= 4 is 5.69 Å². The van der Waals surface area contributed by atoms with Gasteiger partial charge in [0.05, 0.1) is 24.6 Å².